The van der Waals surface area contributed by atoms with Crippen molar-refractivity contribution < 1.29 is 36.8 Å². The number of benzene rings is 1. The van der Waals surface area contributed by atoms with Gasteiger partial charge in [-0.05, 0) is 38.8 Å². The van der Waals surface area contributed by atoms with Crippen LogP contribution in [0.2, 0.25) is 0 Å². The van der Waals surface area contributed by atoms with E-state index in [2.05, 4.69) is 0 Å². The van der Waals surface area contributed by atoms with Gasteiger partial charge in [0.05, 0.1) is 17.8 Å². The van der Waals surface area contributed by atoms with Crippen LogP contribution in [0.25, 0.3) is 0 Å². The topological polar surface area (TPSA) is 116 Å². The van der Waals surface area contributed by atoms with Gasteiger partial charge in [-0.25, -0.2) is 4.79 Å². The van der Waals surface area contributed by atoms with E-state index in [4.69, 9.17) is 18.8 Å². The Morgan fingerprint density at radius 1 is 1.07 bits per heavy atom. The highest BCUT2D eigenvalue weighted by Gasteiger charge is 2.27. The largest absolute Gasteiger partial charge is 0.493 e. The number of carbonyl (C=O) groups excluding carboxylic acids is 2. The molecule has 0 saturated heterocycles. The van der Waals surface area contributed by atoms with E-state index in [1.54, 1.807) is 32.0 Å². The molecule has 1 aromatic carbocycles. The van der Waals surface area contributed by atoms with Crippen molar-refractivity contribution in [3.8, 4) is 5.75 Å². The second-order valence-electron chi connectivity index (χ2n) is 6.49. The molecular formula is C18H26O8S. The van der Waals surface area contributed by atoms with E-state index < -0.39 is 27.3 Å². The van der Waals surface area contributed by atoms with Crippen molar-refractivity contribution in [2.75, 3.05) is 25.6 Å². The predicted octanol–water partition coefficient (Wildman–Crippen LogP) is 2.48. The molecule has 0 spiro atoms. The third-order valence-electron chi connectivity index (χ3n) is 3.90. The summed E-state index contributed by atoms with van der Waals surface area (Å²) in [5.41, 5.74) is -0.420. The highest BCUT2D eigenvalue weighted by atomic mass is 32.2. The van der Waals surface area contributed by atoms with Gasteiger partial charge in [0.1, 0.15) is 24.5 Å². The SMILES string of the molecule is CCC(C)(C)C(=O)OCCOC(=O)c1ccccc1OCCCS(=O)(=O)O. The number of rotatable bonds is 11. The van der Waals surface area contributed by atoms with E-state index in [0.29, 0.717) is 6.42 Å². The Hall–Kier alpha value is -2.13. The fourth-order valence-electron chi connectivity index (χ4n) is 1.87. The first-order valence-corrected chi connectivity index (χ1v) is 10.2. The first-order chi connectivity index (χ1) is 12.6. The van der Waals surface area contributed by atoms with E-state index >= 15 is 0 Å². The third kappa shape index (κ3) is 8.40. The Labute approximate surface area is 159 Å². The summed E-state index contributed by atoms with van der Waals surface area (Å²) in [6.45, 7) is 5.29. The average molecular weight is 402 g/mol. The van der Waals surface area contributed by atoms with Gasteiger partial charge in [0, 0.05) is 0 Å². The summed E-state index contributed by atoms with van der Waals surface area (Å²) in [7, 11) is -4.05. The zero-order valence-electron chi connectivity index (χ0n) is 15.8. The van der Waals surface area contributed by atoms with Gasteiger partial charge >= 0.3 is 11.9 Å². The lowest BCUT2D eigenvalue weighted by Crippen LogP contribution is -2.27. The van der Waals surface area contributed by atoms with E-state index in [-0.39, 0.29) is 43.5 Å². The summed E-state index contributed by atoms with van der Waals surface area (Å²) in [4.78, 5) is 24.0. The summed E-state index contributed by atoms with van der Waals surface area (Å²) in [5, 5.41) is 0. The Kier molecular flexibility index (Phi) is 8.71. The molecule has 1 N–H and O–H groups in total. The third-order valence-corrected chi connectivity index (χ3v) is 4.70. The standard InChI is InChI=1S/C18H26O8S/c1-4-18(2,3)17(20)26-12-11-25-16(19)14-8-5-6-9-15(14)24-10-7-13-27(21,22)23/h5-6,8-9H,4,7,10-13H2,1-3H3,(H,21,22,23). The molecule has 0 unspecified atom stereocenters. The second kappa shape index (κ2) is 10.3. The Balaban J connectivity index is 2.50. The van der Waals surface area contributed by atoms with Crippen LogP contribution in [0, 0.1) is 5.41 Å². The monoisotopic (exact) mass is 402 g/mol. The lowest BCUT2D eigenvalue weighted by Gasteiger charge is -2.20. The van der Waals surface area contributed by atoms with Crippen LogP contribution in [0.15, 0.2) is 24.3 Å². The van der Waals surface area contributed by atoms with Crippen LogP contribution in [-0.2, 0) is 24.4 Å². The number of para-hydroxylation sites is 1. The Bertz CT molecular complexity index is 739. The van der Waals surface area contributed by atoms with E-state index in [9.17, 15) is 18.0 Å². The molecule has 0 aliphatic carbocycles. The molecule has 152 valence electrons. The molecular weight excluding hydrogens is 376 g/mol. The molecule has 8 nitrogen and oxygen atoms in total. The fourth-order valence-corrected chi connectivity index (χ4v) is 2.35. The number of ether oxygens (including phenoxy) is 3. The molecule has 0 aromatic heterocycles. The van der Waals surface area contributed by atoms with Gasteiger partial charge in [0.15, 0.2) is 0 Å². The fraction of sp³-hybridized carbons (Fsp3) is 0.556. The van der Waals surface area contributed by atoms with Crippen molar-refractivity contribution in [2.45, 2.75) is 33.6 Å². The molecule has 0 fully saturated rings. The van der Waals surface area contributed by atoms with Crippen LogP contribution in [0.4, 0.5) is 0 Å². The maximum absolute atomic E-state index is 12.2. The van der Waals surface area contributed by atoms with Crippen molar-refractivity contribution in [1.29, 1.82) is 0 Å². The smallest absolute Gasteiger partial charge is 0.342 e. The van der Waals surface area contributed by atoms with Gasteiger partial charge < -0.3 is 14.2 Å². The van der Waals surface area contributed by atoms with Gasteiger partial charge in [0.25, 0.3) is 10.1 Å². The van der Waals surface area contributed by atoms with Gasteiger partial charge in [-0.15, -0.1) is 0 Å². The minimum absolute atomic E-state index is 0.00773. The van der Waals surface area contributed by atoms with Crippen LogP contribution in [-0.4, -0.2) is 50.5 Å². The minimum atomic E-state index is -4.05. The summed E-state index contributed by atoms with van der Waals surface area (Å²) in [6.07, 6.45) is 0.708. The highest BCUT2D eigenvalue weighted by Crippen LogP contribution is 2.21. The summed E-state index contributed by atoms with van der Waals surface area (Å²) in [6, 6.07) is 6.34. The number of hydrogen-bond donors (Lipinski definition) is 1. The lowest BCUT2D eigenvalue weighted by molar-refractivity contribution is -0.155. The Morgan fingerprint density at radius 3 is 2.33 bits per heavy atom. The van der Waals surface area contributed by atoms with Crippen molar-refractivity contribution in [3.63, 3.8) is 0 Å². The molecule has 0 amide bonds. The van der Waals surface area contributed by atoms with Crippen LogP contribution in [0.1, 0.15) is 44.0 Å². The van der Waals surface area contributed by atoms with Gasteiger partial charge in [-0.3, -0.25) is 9.35 Å². The zero-order valence-corrected chi connectivity index (χ0v) is 16.6. The molecule has 0 aliphatic heterocycles. The molecule has 0 radical (unpaired) electrons. The van der Waals surface area contributed by atoms with Crippen molar-refractivity contribution in [2.24, 2.45) is 5.41 Å². The second-order valence-corrected chi connectivity index (χ2v) is 8.07. The maximum atomic E-state index is 12.2. The van der Waals surface area contributed by atoms with Crippen molar-refractivity contribution >= 4 is 22.1 Å². The van der Waals surface area contributed by atoms with Gasteiger partial charge in [-0.2, -0.15) is 8.42 Å². The predicted molar refractivity (Wildman–Crippen MR) is 98.3 cm³/mol. The average Bonchev–Trinajstić information content (AvgIpc) is 2.61. The molecule has 0 aliphatic rings. The van der Waals surface area contributed by atoms with Gasteiger partial charge in [0.2, 0.25) is 0 Å². The quantitative estimate of drug-likeness (QED) is 0.341. The number of esters is 2. The first-order valence-electron chi connectivity index (χ1n) is 8.58. The first kappa shape index (κ1) is 22.9. The van der Waals surface area contributed by atoms with Crippen LogP contribution >= 0.6 is 0 Å². The van der Waals surface area contributed by atoms with E-state index in [0.717, 1.165) is 0 Å². The lowest BCUT2D eigenvalue weighted by atomic mass is 9.91. The Morgan fingerprint density at radius 2 is 1.70 bits per heavy atom. The van der Waals surface area contributed by atoms with Crippen molar-refractivity contribution in [3.05, 3.63) is 29.8 Å². The molecule has 1 aromatic rings. The summed E-state index contributed by atoms with van der Waals surface area (Å²) < 4.78 is 45.6. The number of carbonyl (C=O) groups is 2. The molecule has 1 rings (SSSR count). The van der Waals surface area contributed by atoms with Crippen LogP contribution in [0.3, 0.4) is 0 Å². The summed E-state index contributed by atoms with van der Waals surface area (Å²) in [5.74, 6) is -1.20. The van der Waals surface area contributed by atoms with Crippen molar-refractivity contribution in [1.82, 2.24) is 0 Å². The van der Waals surface area contributed by atoms with E-state index in [1.165, 1.54) is 6.07 Å². The molecule has 0 bridgehead atoms. The minimum Gasteiger partial charge on any atom is -0.493 e. The summed E-state index contributed by atoms with van der Waals surface area (Å²) >= 11 is 0. The van der Waals surface area contributed by atoms with Gasteiger partial charge in [-0.1, -0.05) is 19.1 Å². The maximum Gasteiger partial charge on any atom is 0.342 e. The molecule has 0 heterocycles. The molecule has 9 heteroatoms. The van der Waals surface area contributed by atoms with Crippen LogP contribution in [0.5, 0.6) is 5.75 Å². The van der Waals surface area contributed by atoms with Crippen LogP contribution < -0.4 is 4.74 Å². The molecule has 0 atom stereocenters. The highest BCUT2D eigenvalue weighted by molar-refractivity contribution is 7.85. The number of hydrogen-bond acceptors (Lipinski definition) is 7. The normalized spacial score (nSPS) is 11.7. The molecule has 27 heavy (non-hydrogen) atoms. The van der Waals surface area contributed by atoms with E-state index in [1.807, 2.05) is 6.92 Å². The molecule has 0 saturated carbocycles. The zero-order chi connectivity index (χ0) is 20.5.